The molecule has 2 heterocycles. The number of carbonyl (C=O) groups is 1. The van der Waals surface area contributed by atoms with Crippen LogP contribution < -0.4 is 0 Å². The van der Waals surface area contributed by atoms with Gasteiger partial charge < -0.3 is 14.5 Å². The maximum atomic E-state index is 11.7. The number of furan rings is 1. The number of benzene rings is 2. The third kappa shape index (κ3) is 6.28. The van der Waals surface area contributed by atoms with E-state index in [0.29, 0.717) is 0 Å². The molecule has 227 valence electrons. The van der Waals surface area contributed by atoms with Crippen molar-refractivity contribution >= 4 is 27.7 Å². The second-order valence-electron chi connectivity index (χ2n) is 12.9. The van der Waals surface area contributed by atoms with Crippen LogP contribution in [-0.4, -0.2) is 15.9 Å². The third-order valence-electron chi connectivity index (χ3n) is 8.87. The molecule has 5 rings (SSSR count). The van der Waals surface area contributed by atoms with Crippen LogP contribution in [0.1, 0.15) is 105 Å². The van der Waals surface area contributed by atoms with E-state index in [1.54, 1.807) is 0 Å². The fraction of sp³-hybridized carbons (Fsp3) is 0.459. The first-order valence-electron chi connectivity index (χ1n) is 15.2. The molecule has 0 aliphatic heterocycles. The van der Waals surface area contributed by atoms with Crippen molar-refractivity contribution in [1.29, 1.82) is 0 Å². The van der Waals surface area contributed by atoms with Crippen LogP contribution in [0.3, 0.4) is 0 Å². The predicted octanol–water partition coefficient (Wildman–Crippen LogP) is 10.3. The second-order valence-corrected chi connectivity index (χ2v) is 12.9. The van der Waals surface area contributed by atoms with Gasteiger partial charge in [-0.2, -0.15) is 0 Å². The van der Waals surface area contributed by atoms with Crippen molar-refractivity contribution in [3.63, 3.8) is 0 Å². The van der Waals surface area contributed by atoms with E-state index in [1.807, 2.05) is 46.0 Å². The average molecular weight is 745 g/mol. The Balaban J connectivity index is 0.000000263. The number of ketones is 1. The minimum atomic E-state index is -0.174. The zero-order valence-electron chi connectivity index (χ0n) is 26.6. The topological polar surface area (TPSA) is 63.3 Å². The molecular weight excluding hydrogens is 699 g/mol. The van der Waals surface area contributed by atoms with E-state index in [1.165, 1.54) is 28.2 Å². The molecule has 0 unspecified atom stereocenters. The summed E-state index contributed by atoms with van der Waals surface area (Å²) in [6.45, 7) is 19.4. The summed E-state index contributed by atoms with van der Waals surface area (Å²) in [5.74, 6) is 0.547. The van der Waals surface area contributed by atoms with Gasteiger partial charge in [0.15, 0.2) is 5.78 Å². The van der Waals surface area contributed by atoms with Crippen molar-refractivity contribution in [3.05, 3.63) is 77.2 Å². The van der Waals surface area contributed by atoms with E-state index >= 15 is 0 Å². The SMILES string of the molecule is CC(C)(C)c1cnc2c(c1)C(C)(C)c1cccc3oc4cc[c-]c-2c4c13.CCC(CC)C(=O)/C=C(\O)C(CC)CC.[Ir]. The molecule has 5 heteroatoms. The molecular formula is C37H46IrNO3-. The van der Waals surface area contributed by atoms with Crippen molar-refractivity contribution < 1.29 is 34.4 Å². The molecule has 1 N–H and O–H groups in total. The molecule has 2 aromatic carbocycles. The number of aliphatic hydroxyl groups excluding tert-OH is 1. The molecule has 1 radical (unpaired) electrons. The van der Waals surface area contributed by atoms with Crippen LogP contribution in [0, 0.1) is 17.9 Å². The summed E-state index contributed by atoms with van der Waals surface area (Å²) in [6.07, 6.45) is 6.93. The number of fused-ring (bicyclic) bond motifs is 2. The van der Waals surface area contributed by atoms with Crippen LogP contribution in [0.4, 0.5) is 0 Å². The monoisotopic (exact) mass is 745 g/mol. The van der Waals surface area contributed by atoms with E-state index in [9.17, 15) is 9.90 Å². The Labute approximate surface area is 265 Å². The normalized spacial score (nSPS) is 14.0. The second kappa shape index (κ2) is 13.3. The van der Waals surface area contributed by atoms with Crippen molar-refractivity contribution in [3.8, 4) is 11.3 Å². The number of pyridine rings is 1. The maximum absolute atomic E-state index is 11.7. The molecule has 0 spiro atoms. The van der Waals surface area contributed by atoms with Crippen LogP contribution >= 0.6 is 0 Å². The van der Waals surface area contributed by atoms with Crippen LogP contribution in [0.25, 0.3) is 33.2 Å². The van der Waals surface area contributed by atoms with Gasteiger partial charge in [-0.15, -0.1) is 17.7 Å². The number of hydrogen-bond donors (Lipinski definition) is 1. The molecule has 0 bridgehead atoms. The Hall–Kier alpha value is -2.75. The summed E-state index contributed by atoms with van der Waals surface area (Å²) in [4.78, 5) is 16.7. The van der Waals surface area contributed by atoms with Crippen LogP contribution in [0.5, 0.6) is 0 Å². The van der Waals surface area contributed by atoms with Gasteiger partial charge >= 0.3 is 0 Å². The Morgan fingerprint density at radius 1 is 0.976 bits per heavy atom. The summed E-state index contributed by atoms with van der Waals surface area (Å²) < 4.78 is 6.15. The molecule has 4 nitrogen and oxygen atoms in total. The Kier molecular flexibility index (Phi) is 10.7. The van der Waals surface area contributed by atoms with E-state index in [0.717, 1.165) is 53.5 Å². The summed E-state index contributed by atoms with van der Waals surface area (Å²) in [7, 11) is 0. The minimum absolute atomic E-state index is 0. The van der Waals surface area contributed by atoms with Crippen molar-refractivity contribution in [2.75, 3.05) is 0 Å². The van der Waals surface area contributed by atoms with Gasteiger partial charge in [-0.05, 0) is 59.4 Å². The third-order valence-corrected chi connectivity index (χ3v) is 8.87. The fourth-order valence-electron chi connectivity index (χ4n) is 5.99. The first-order chi connectivity index (χ1) is 19.4. The Morgan fingerprint density at radius 2 is 1.60 bits per heavy atom. The number of aliphatic hydroxyl groups is 1. The molecule has 0 saturated carbocycles. The molecule has 42 heavy (non-hydrogen) atoms. The van der Waals surface area contributed by atoms with Gasteiger partial charge in [-0.1, -0.05) is 97.5 Å². The Morgan fingerprint density at radius 3 is 2.19 bits per heavy atom. The first-order valence-corrected chi connectivity index (χ1v) is 15.2. The van der Waals surface area contributed by atoms with Crippen molar-refractivity contribution in [2.45, 2.75) is 98.8 Å². The van der Waals surface area contributed by atoms with Crippen LogP contribution in [-0.2, 0) is 35.7 Å². The van der Waals surface area contributed by atoms with E-state index in [4.69, 9.17) is 9.40 Å². The van der Waals surface area contributed by atoms with E-state index in [-0.39, 0.29) is 54.3 Å². The van der Waals surface area contributed by atoms with Crippen molar-refractivity contribution in [2.24, 2.45) is 11.8 Å². The quantitative estimate of drug-likeness (QED) is 0.116. The zero-order chi connectivity index (χ0) is 30.1. The molecule has 1 aliphatic rings. The average Bonchev–Trinajstić information content (AvgIpc) is 3.29. The molecule has 0 fully saturated rings. The van der Waals surface area contributed by atoms with Gasteiger partial charge in [-0.3, -0.25) is 4.79 Å². The maximum Gasteiger partial charge on any atom is 0.162 e. The van der Waals surface area contributed by atoms with E-state index in [2.05, 4.69) is 65.0 Å². The Bertz CT molecular complexity index is 1580. The predicted molar refractivity (Wildman–Crippen MR) is 170 cm³/mol. The van der Waals surface area contributed by atoms with Crippen LogP contribution in [0.2, 0.25) is 0 Å². The van der Waals surface area contributed by atoms with Gasteiger partial charge in [0.25, 0.3) is 0 Å². The zero-order valence-corrected chi connectivity index (χ0v) is 29.0. The van der Waals surface area contributed by atoms with Crippen LogP contribution in [0.15, 0.2) is 58.8 Å². The summed E-state index contributed by atoms with van der Waals surface area (Å²) in [5.41, 5.74) is 7.62. The number of hydrogen-bond acceptors (Lipinski definition) is 4. The molecule has 2 aromatic heterocycles. The standard InChI is InChI=1S/C24H22NO.C13H24O2.Ir/c1-23(2,3)14-12-17-22(25-13-14)15-8-6-10-18-20(15)21-16(24(17,4)5)9-7-11-19(21)26-18;1-5-10(6-2)12(14)9-13(15)11(7-3)8-4;/h6-7,9-13H,1-5H3;9-11,14H,5-8H2,1-4H3;/q-1;;/b;12-9-;. The van der Waals surface area contributed by atoms with Crippen molar-refractivity contribution in [1.82, 2.24) is 4.98 Å². The molecule has 0 amide bonds. The molecule has 0 saturated heterocycles. The number of aromatic nitrogens is 1. The number of carbonyl (C=O) groups excluding carboxylic acids is 1. The van der Waals surface area contributed by atoms with Gasteiger partial charge in [-0.25, -0.2) is 0 Å². The molecule has 0 atom stereocenters. The number of rotatable bonds is 7. The largest absolute Gasteiger partial charge is 0.512 e. The van der Waals surface area contributed by atoms with Gasteiger partial charge in [0.1, 0.15) is 5.58 Å². The summed E-state index contributed by atoms with van der Waals surface area (Å²) in [5, 5.41) is 12.1. The number of allylic oxidation sites excluding steroid dienone is 2. The minimum Gasteiger partial charge on any atom is -0.512 e. The molecule has 4 aromatic rings. The first kappa shape index (κ1) is 33.7. The smallest absolute Gasteiger partial charge is 0.162 e. The summed E-state index contributed by atoms with van der Waals surface area (Å²) >= 11 is 0. The fourth-order valence-corrected chi connectivity index (χ4v) is 5.99. The van der Waals surface area contributed by atoms with Gasteiger partial charge in [0, 0.05) is 49.6 Å². The van der Waals surface area contributed by atoms with Gasteiger partial charge in [0.2, 0.25) is 0 Å². The summed E-state index contributed by atoms with van der Waals surface area (Å²) in [6, 6.07) is 16.1. The molecule has 1 aliphatic carbocycles. The van der Waals surface area contributed by atoms with Gasteiger partial charge in [0.05, 0.1) is 11.3 Å². The number of nitrogens with zero attached hydrogens (tertiary/aromatic N) is 1. The van der Waals surface area contributed by atoms with E-state index < -0.39 is 0 Å².